The number of nitrogens with two attached hydrogens (primary N) is 1. The predicted octanol–water partition coefficient (Wildman–Crippen LogP) is 4.48. The van der Waals surface area contributed by atoms with Gasteiger partial charge < -0.3 is 15.8 Å². The fraction of sp³-hybridized carbons (Fsp3) is 0.107. The van der Waals surface area contributed by atoms with Gasteiger partial charge in [0.2, 0.25) is 5.95 Å². The van der Waals surface area contributed by atoms with Crippen LogP contribution in [0.15, 0.2) is 83.9 Å². The topological polar surface area (TPSA) is 132 Å². The molecule has 3 N–H and O–H groups in total. The summed E-state index contributed by atoms with van der Waals surface area (Å²) >= 11 is 0. The summed E-state index contributed by atoms with van der Waals surface area (Å²) in [5, 5.41) is 14.0. The number of rotatable bonds is 6. The molecule has 0 aliphatic rings. The van der Waals surface area contributed by atoms with Crippen LogP contribution in [0.4, 0.5) is 11.8 Å². The maximum Gasteiger partial charge on any atom is 0.263 e. The first kappa shape index (κ1) is 23.5. The minimum atomic E-state index is -0.419. The molecule has 0 aliphatic heterocycles. The summed E-state index contributed by atoms with van der Waals surface area (Å²) in [7, 11) is 1.59. The average molecular weight is 490 g/mol. The summed E-state index contributed by atoms with van der Waals surface area (Å²) in [5.41, 5.74) is 8.54. The molecule has 0 spiro atoms. The number of nitrogens with zero attached hydrogens (tertiary/aromatic N) is 5. The van der Waals surface area contributed by atoms with Gasteiger partial charge in [-0.1, -0.05) is 36.4 Å². The number of para-hydroxylation sites is 1. The Labute approximate surface area is 212 Å². The number of nitrogen functional groups attached to an aromatic ring is 1. The van der Waals surface area contributed by atoms with Crippen molar-refractivity contribution < 1.29 is 4.74 Å². The van der Waals surface area contributed by atoms with E-state index in [0.29, 0.717) is 39.6 Å². The number of hydrogen-bond acceptors (Lipinski definition) is 8. The number of benzene rings is 2. The van der Waals surface area contributed by atoms with Crippen molar-refractivity contribution >= 4 is 22.5 Å². The third-order valence-corrected chi connectivity index (χ3v) is 6.06. The standard InChI is InChI=1S/C28H23N7O2/c1-17(33-26-19(15-29)16-32-28(30)34-26)24-13-18-7-6-10-22(23-14-21(37-2)11-12-31-23)25(18)27(36)35(24)20-8-4-3-5-9-20/h3-14,16-17H,1-2H3,(H3,30,32,33,34). The van der Waals surface area contributed by atoms with E-state index in [1.54, 1.807) is 23.9 Å². The third kappa shape index (κ3) is 4.44. The highest BCUT2D eigenvalue weighted by Crippen LogP contribution is 2.30. The van der Waals surface area contributed by atoms with E-state index in [0.717, 1.165) is 5.39 Å². The van der Waals surface area contributed by atoms with Crippen LogP contribution in [0.5, 0.6) is 5.75 Å². The Morgan fingerprint density at radius 1 is 1.08 bits per heavy atom. The van der Waals surface area contributed by atoms with Crippen LogP contribution < -0.4 is 21.3 Å². The van der Waals surface area contributed by atoms with Gasteiger partial charge in [-0.25, -0.2) is 4.98 Å². The Balaban J connectivity index is 1.74. The minimum absolute atomic E-state index is 0.0445. The van der Waals surface area contributed by atoms with Crippen LogP contribution in [-0.4, -0.2) is 26.6 Å². The molecule has 37 heavy (non-hydrogen) atoms. The van der Waals surface area contributed by atoms with Gasteiger partial charge in [-0.05, 0) is 36.6 Å². The molecule has 182 valence electrons. The Kier molecular flexibility index (Phi) is 6.22. The first-order valence-electron chi connectivity index (χ1n) is 11.5. The molecule has 0 saturated heterocycles. The highest BCUT2D eigenvalue weighted by molar-refractivity contribution is 5.96. The van der Waals surface area contributed by atoms with Crippen molar-refractivity contribution in [3.05, 3.63) is 101 Å². The lowest BCUT2D eigenvalue weighted by Crippen LogP contribution is -2.26. The van der Waals surface area contributed by atoms with Gasteiger partial charge in [-0.3, -0.25) is 14.3 Å². The van der Waals surface area contributed by atoms with E-state index in [4.69, 9.17) is 10.5 Å². The summed E-state index contributed by atoms with van der Waals surface area (Å²) in [6, 6.07) is 22.3. The van der Waals surface area contributed by atoms with Crippen LogP contribution in [0.3, 0.4) is 0 Å². The van der Waals surface area contributed by atoms with Gasteiger partial charge in [0.1, 0.15) is 23.2 Å². The number of aromatic nitrogens is 4. The van der Waals surface area contributed by atoms with Crippen LogP contribution in [0.25, 0.3) is 27.7 Å². The highest BCUT2D eigenvalue weighted by Gasteiger charge is 2.20. The normalized spacial score (nSPS) is 11.6. The Morgan fingerprint density at radius 2 is 1.89 bits per heavy atom. The zero-order chi connectivity index (χ0) is 25.9. The third-order valence-electron chi connectivity index (χ3n) is 6.06. The predicted molar refractivity (Wildman–Crippen MR) is 143 cm³/mol. The van der Waals surface area contributed by atoms with Gasteiger partial charge in [-0.15, -0.1) is 0 Å². The smallest absolute Gasteiger partial charge is 0.263 e. The summed E-state index contributed by atoms with van der Waals surface area (Å²) in [6.07, 6.45) is 3.03. The van der Waals surface area contributed by atoms with E-state index in [1.165, 1.54) is 6.20 Å². The molecule has 1 unspecified atom stereocenters. The molecule has 3 heterocycles. The lowest BCUT2D eigenvalue weighted by atomic mass is 10.0. The maximum absolute atomic E-state index is 14.2. The Hall–Kier alpha value is -5.23. The number of nitriles is 1. The second-order valence-corrected chi connectivity index (χ2v) is 8.36. The molecule has 5 aromatic rings. The van der Waals surface area contributed by atoms with Crippen LogP contribution in [0.2, 0.25) is 0 Å². The lowest BCUT2D eigenvalue weighted by molar-refractivity contribution is 0.414. The molecule has 0 radical (unpaired) electrons. The van der Waals surface area contributed by atoms with Gasteiger partial charge >= 0.3 is 0 Å². The number of ether oxygens (including phenoxy) is 1. The zero-order valence-corrected chi connectivity index (χ0v) is 20.2. The lowest BCUT2D eigenvalue weighted by Gasteiger charge is -2.22. The van der Waals surface area contributed by atoms with E-state index in [1.807, 2.05) is 67.6 Å². The molecule has 0 aliphatic carbocycles. The molecule has 9 nitrogen and oxygen atoms in total. The Bertz CT molecular complexity index is 1710. The summed E-state index contributed by atoms with van der Waals surface area (Å²) in [5.74, 6) is 0.990. The SMILES string of the molecule is COc1ccnc(-c2cccc3cc(C(C)Nc4nc(N)ncc4C#N)n(-c4ccccc4)c(=O)c23)c1. The quantitative estimate of drug-likeness (QED) is 0.357. The van der Waals surface area contributed by atoms with Gasteiger partial charge in [0.15, 0.2) is 0 Å². The van der Waals surface area contributed by atoms with Crippen molar-refractivity contribution in [2.75, 3.05) is 18.2 Å². The van der Waals surface area contributed by atoms with Crippen LogP contribution in [-0.2, 0) is 0 Å². The van der Waals surface area contributed by atoms with Gasteiger partial charge in [0, 0.05) is 29.2 Å². The second-order valence-electron chi connectivity index (χ2n) is 8.36. The number of pyridine rings is 2. The molecule has 0 fully saturated rings. The monoisotopic (exact) mass is 489 g/mol. The van der Waals surface area contributed by atoms with Gasteiger partial charge in [0.25, 0.3) is 5.56 Å². The van der Waals surface area contributed by atoms with Crippen molar-refractivity contribution in [3.8, 4) is 28.8 Å². The number of nitrogens with one attached hydrogen (secondary N) is 1. The number of anilines is 2. The van der Waals surface area contributed by atoms with E-state index in [-0.39, 0.29) is 17.1 Å². The molecule has 0 saturated carbocycles. The first-order chi connectivity index (χ1) is 18.0. The molecule has 3 aromatic heterocycles. The van der Waals surface area contributed by atoms with Crippen LogP contribution >= 0.6 is 0 Å². The zero-order valence-electron chi connectivity index (χ0n) is 20.2. The largest absolute Gasteiger partial charge is 0.497 e. The van der Waals surface area contributed by atoms with E-state index >= 15 is 0 Å². The van der Waals surface area contributed by atoms with E-state index < -0.39 is 6.04 Å². The fourth-order valence-electron chi connectivity index (χ4n) is 4.31. The van der Waals surface area contributed by atoms with Gasteiger partial charge in [-0.2, -0.15) is 10.2 Å². The minimum Gasteiger partial charge on any atom is -0.497 e. The first-order valence-corrected chi connectivity index (χ1v) is 11.5. The molecule has 5 rings (SSSR count). The number of methoxy groups -OCH3 is 1. The van der Waals surface area contributed by atoms with Crippen LogP contribution in [0, 0.1) is 11.3 Å². The van der Waals surface area contributed by atoms with E-state index in [2.05, 4.69) is 26.3 Å². The highest BCUT2D eigenvalue weighted by atomic mass is 16.5. The number of fused-ring (bicyclic) bond motifs is 1. The molecule has 0 amide bonds. The maximum atomic E-state index is 14.2. The van der Waals surface area contributed by atoms with E-state index in [9.17, 15) is 10.1 Å². The number of hydrogen-bond donors (Lipinski definition) is 2. The Morgan fingerprint density at radius 3 is 2.65 bits per heavy atom. The summed E-state index contributed by atoms with van der Waals surface area (Å²) in [4.78, 5) is 26.8. The summed E-state index contributed by atoms with van der Waals surface area (Å²) in [6.45, 7) is 1.90. The summed E-state index contributed by atoms with van der Waals surface area (Å²) < 4.78 is 7.04. The molecule has 2 aromatic carbocycles. The second kappa shape index (κ2) is 9.79. The molecular weight excluding hydrogens is 466 g/mol. The van der Waals surface area contributed by atoms with Crippen molar-refractivity contribution in [3.63, 3.8) is 0 Å². The molecular formula is C28H23N7O2. The molecule has 1 atom stereocenters. The van der Waals surface area contributed by atoms with Gasteiger partial charge in [0.05, 0.1) is 30.4 Å². The molecule has 0 bridgehead atoms. The van der Waals surface area contributed by atoms with Crippen LogP contribution in [0.1, 0.15) is 24.2 Å². The van der Waals surface area contributed by atoms with Crippen molar-refractivity contribution in [1.29, 1.82) is 5.26 Å². The van der Waals surface area contributed by atoms with Crippen molar-refractivity contribution in [2.24, 2.45) is 0 Å². The average Bonchev–Trinajstić information content (AvgIpc) is 2.93. The molecule has 9 heteroatoms. The van der Waals surface area contributed by atoms with Crippen molar-refractivity contribution in [2.45, 2.75) is 13.0 Å². The van der Waals surface area contributed by atoms with Crippen molar-refractivity contribution in [1.82, 2.24) is 19.5 Å². The fourth-order valence-corrected chi connectivity index (χ4v) is 4.31.